The van der Waals surface area contributed by atoms with Crippen molar-refractivity contribution in [2.75, 3.05) is 13.7 Å². The van der Waals surface area contributed by atoms with Crippen LogP contribution in [0.4, 0.5) is 0 Å². The molecule has 1 aliphatic rings. The van der Waals surface area contributed by atoms with Gasteiger partial charge in [-0.1, -0.05) is 29.3 Å². The van der Waals surface area contributed by atoms with Gasteiger partial charge in [-0.25, -0.2) is 0 Å². The highest BCUT2D eigenvalue weighted by molar-refractivity contribution is 6.35. The summed E-state index contributed by atoms with van der Waals surface area (Å²) in [6.07, 6.45) is 3.62. The number of halogens is 2. The lowest BCUT2D eigenvalue weighted by Crippen LogP contribution is -2.45. The van der Waals surface area contributed by atoms with E-state index in [9.17, 15) is 0 Å². The third-order valence-electron chi connectivity index (χ3n) is 3.27. The Balaban J connectivity index is 1.72. The van der Waals surface area contributed by atoms with Gasteiger partial charge < -0.3 is 10.1 Å². The predicted molar refractivity (Wildman–Crippen MR) is 72.0 cm³/mol. The smallest absolute Gasteiger partial charge is 0.0601 e. The highest BCUT2D eigenvalue weighted by Crippen LogP contribution is 2.23. The molecule has 0 atom stereocenters. The standard InChI is InChI=1S/C13H17Cl2NO/c1-17-12-7-11(8-12)16-5-4-9-2-3-10(14)6-13(9)15/h2-3,6,11-12,16H,4-5,7-8H2,1H3. The number of methoxy groups -OCH3 is 1. The number of benzene rings is 1. The van der Waals surface area contributed by atoms with Crippen LogP contribution in [0, 0.1) is 0 Å². The highest BCUT2D eigenvalue weighted by atomic mass is 35.5. The zero-order valence-corrected chi connectivity index (χ0v) is 11.4. The molecule has 0 radical (unpaired) electrons. The highest BCUT2D eigenvalue weighted by Gasteiger charge is 2.27. The Hall–Kier alpha value is -0.280. The summed E-state index contributed by atoms with van der Waals surface area (Å²) >= 11 is 12.0. The first-order valence-electron chi connectivity index (χ1n) is 5.89. The van der Waals surface area contributed by atoms with Gasteiger partial charge in [-0.15, -0.1) is 0 Å². The second kappa shape index (κ2) is 6.05. The van der Waals surface area contributed by atoms with E-state index in [0.29, 0.717) is 17.2 Å². The number of rotatable bonds is 5. The normalized spacial score (nSPS) is 23.5. The summed E-state index contributed by atoms with van der Waals surface area (Å²) < 4.78 is 5.24. The van der Waals surface area contributed by atoms with E-state index in [2.05, 4.69) is 5.32 Å². The van der Waals surface area contributed by atoms with Crippen molar-refractivity contribution in [3.63, 3.8) is 0 Å². The van der Waals surface area contributed by atoms with E-state index in [4.69, 9.17) is 27.9 Å². The number of nitrogens with one attached hydrogen (secondary N) is 1. The fourth-order valence-electron chi connectivity index (χ4n) is 2.06. The van der Waals surface area contributed by atoms with Crippen LogP contribution >= 0.6 is 23.2 Å². The van der Waals surface area contributed by atoms with Crippen molar-refractivity contribution in [3.05, 3.63) is 33.8 Å². The molecule has 0 saturated heterocycles. The number of ether oxygens (including phenoxy) is 1. The minimum absolute atomic E-state index is 0.451. The summed E-state index contributed by atoms with van der Waals surface area (Å²) in [6, 6.07) is 6.27. The molecule has 0 bridgehead atoms. The molecule has 1 aromatic carbocycles. The van der Waals surface area contributed by atoms with Crippen LogP contribution in [-0.4, -0.2) is 25.8 Å². The molecule has 0 amide bonds. The van der Waals surface area contributed by atoms with Gasteiger partial charge in [-0.3, -0.25) is 0 Å². The molecule has 1 fully saturated rings. The first-order valence-corrected chi connectivity index (χ1v) is 6.64. The van der Waals surface area contributed by atoms with Crippen molar-refractivity contribution in [1.82, 2.24) is 5.32 Å². The fourth-order valence-corrected chi connectivity index (χ4v) is 2.56. The maximum atomic E-state index is 6.11. The summed E-state index contributed by atoms with van der Waals surface area (Å²) in [7, 11) is 1.77. The molecule has 0 spiro atoms. The molecule has 4 heteroatoms. The van der Waals surface area contributed by atoms with Crippen molar-refractivity contribution < 1.29 is 4.74 Å². The average molecular weight is 274 g/mol. The van der Waals surface area contributed by atoms with Gasteiger partial charge in [0.15, 0.2) is 0 Å². The van der Waals surface area contributed by atoms with Gasteiger partial charge >= 0.3 is 0 Å². The van der Waals surface area contributed by atoms with E-state index in [0.717, 1.165) is 36.4 Å². The van der Waals surface area contributed by atoms with Crippen molar-refractivity contribution in [2.24, 2.45) is 0 Å². The van der Waals surface area contributed by atoms with Crippen molar-refractivity contribution in [3.8, 4) is 0 Å². The first kappa shape index (κ1) is 13.2. The second-order valence-electron chi connectivity index (χ2n) is 4.47. The molecule has 1 saturated carbocycles. The Morgan fingerprint density at radius 2 is 2.12 bits per heavy atom. The van der Waals surface area contributed by atoms with E-state index in [1.165, 1.54) is 0 Å². The Morgan fingerprint density at radius 3 is 2.76 bits per heavy atom. The van der Waals surface area contributed by atoms with Crippen LogP contribution in [0.1, 0.15) is 18.4 Å². The van der Waals surface area contributed by atoms with E-state index in [1.54, 1.807) is 13.2 Å². The zero-order chi connectivity index (χ0) is 12.3. The molecule has 0 unspecified atom stereocenters. The lowest BCUT2D eigenvalue weighted by atomic mass is 9.89. The van der Waals surface area contributed by atoms with E-state index in [1.807, 2.05) is 12.1 Å². The molecule has 2 nitrogen and oxygen atoms in total. The van der Waals surface area contributed by atoms with E-state index < -0.39 is 0 Å². The van der Waals surface area contributed by atoms with E-state index in [-0.39, 0.29) is 0 Å². The lowest BCUT2D eigenvalue weighted by molar-refractivity contribution is 0.0177. The second-order valence-corrected chi connectivity index (χ2v) is 5.31. The molecule has 0 heterocycles. The van der Waals surface area contributed by atoms with Crippen LogP contribution in [0.2, 0.25) is 10.0 Å². The van der Waals surface area contributed by atoms with E-state index >= 15 is 0 Å². The summed E-state index contributed by atoms with van der Waals surface area (Å²) in [4.78, 5) is 0. The van der Waals surface area contributed by atoms with Crippen LogP contribution in [0.15, 0.2) is 18.2 Å². The fraction of sp³-hybridized carbons (Fsp3) is 0.538. The topological polar surface area (TPSA) is 21.3 Å². The molecule has 17 heavy (non-hydrogen) atoms. The Kier molecular flexibility index (Phi) is 4.69. The molecule has 0 aliphatic heterocycles. The maximum Gasteiger partial charge on any atom is 0.0601 e. The molecular formula is C13H17Cl2NO. The number of hydrogen-bond acceptors (Lipinski definition) is 2. The molecule has 0 aromatic heterocycles. The Bertz CT molecular complexity index is 378. The van der Waals surface area contributed by atoms with Gasteiger partial charge in [-0.2, -0.15) is 0 Å². The van der Waals surface area contributed by atoms with Crippen LogP contribution < -0.4 is 5.32 Å². The van der Waals surface area contributed by atoms with Crippen LogP contribution in [0.3, 0.4) is 0 Å². The summed E-state index contributed by atoms with van der Waals surface area (Å²) in [5.41, 5.74) is 1.14. The van der Waals surface area contributed by atoms with Gasteiger partial charge in [0.2, 0.25) is 0 Å². The first-order chi connectivity index (χ1) is 8.19. The summed E-state index contributed by atoms with van der Waals surface area (Å²) in [5, 5.41) is 4.94. The summed E-state index contributed by atoms with van der Waals surface area (Å²) in [5.74, 6) is 0. The van der Waals surface area contributed by atoms with Gasteiger partial charge in [-0.05, 0) is 43.5 Å². The third-order valence-corrected chi connectivity index (χ3v) is 3.86. The molecule has 94 valence electrons. The monoisotopic (exact) mass is 273 g/mol. The predicted octanol–water partition coefficient (Wildman–Crippen LogP) is 3.30. The largest absolute Gasteiger partial charge is 0.381 e. The van der Waals surface area contributed by atoms with Gasteiger partial charge in [0.05, 0.1) is 6.10 Å². The quantitative estimate of drug-likeness (QED) is 0.889. The Morgan fingerprint density at radius 1 is 1.35 bits per heavy atom. The van der Waals surface area contributed by atoms with Gasteiger partial charge in [0.25, 0.3) is 0 Å². The molecule has 2 rings (SSSR count). The van der Waals surface area contributed by atoms with Crippen molar-refractivity contribution in [1.29, 1.82) is 0 Å². The van der Waals surface area contributed by atoms with Crippen molar-refractivity contribution >= 4 is 23.2 Å². The molecule has 1 aliphatic carbocycles. The minimum atomic E-state index is 0.451. The van der Waals surface area contributed by atoms with Crippen LogP contribution in [-0.2, 0) is 11.2 Å². The minimum Gasteiger partial charge on any atom is -0.381 e. The maximum absolute atomic E-state index is 6.11. The lowest BCUT2D eigenvalue weighted by Gasteiger charge is -2.34. The van der Waals surface area contributed by atoms with Gasteiger partial charge in [0.1, 0.15) is 0 Å². The molecular weight excluding hydrogens is 257 g/mol. The van der Waals surface area contributed by atoms with Crippen LogP contribution in [0.5, 0.6) is 0 Å². The SMILES string of the molecule is COC1CC(NCCc2ccc(Cl)cc2Cl)C1. The summed E-state index contributed by atoms with van der Waals surface area (Å²) in [6.45, 7) is 0.947. The molecule has 1 aromatic rings. The average Bonchev–Trinajstić information content (AvgIpc) is 2.24. The number of hydrogen-bond donors (Lipinski definition) is 1. The van der Waals surface area contributed by atoms with Gasteiger partial charge in [0, 0.05) is 23.2 Å². The van der Waals surface area contributed by atoms with Crippen LogP contribution in [0.25, 0.3) is 0 Å². The van der Waals surface area contributed by atoms with Crippen molar-refractivity contribution in [2.45, 2.75) is 31.4 Å². The molecule has 1 N–H and O–H groups in total. The Labute approximate surface area is 112 Å². The third kappa shape index (κ3) is 3.59. The zero-order valence-electron chi connectivity index (χ0n) is 9.88.